The molecule has 3 heterocycles. The Morgan fingerprint density at radius 2 is 2.00 bits per heavy atom. The van der Waals surface area contributed by atoms with Crippen LogP contribution in [-0.2, 0) is 16.4 Å². The molecule has 0 spiro atoms. The number of rotatable bonds is 7. The van der Waals surface area contributed by atoms with Crippen LogP contribution in [0.5, 0.6) is 0 Å². The van der Waals surface area contributed by atoms with Gasteiger partial charge in [0, 0.05) is 48.9 Å². The molecule has 0 bridgehead atoms. The first-order valence-electron chi connectivity index (χ1n) is 12.4. The van der Waals surface area contributed by atoms with Crippen LogP contribution in [0.25, 0.3) is 11.0 Å². The van der Waals surface area contributed by atoms with E-state index in [9.17, 15) is 13.2 Å². The van der Waals surface area contributed by atoms with E-state index < -0.39 is 9.84 Å². The molecule has 3 aromatic rings. The van der Waals surface area contributed by atoms with E-state index in [1.807, 2.05) is 12.1 Å². The number of likely N-dealkylation sites (tertiary alicyclic amines) is 1. The number of hydrogen-bond acceptors (Lipinski definition) is 7. The van der Waals surface area contributed by atoms with Gasteiger partial charge in [-0.15, -0.1) is 6.42 Å². The van der Waals surface area contributed by atoms with Gasteiger partial charge in [-0.1, -0.05) is 30.9 Å². The van der Waals surface area contributed by atoms with Crippen molar-refractivity contribution < 1.29 is 8.42 Å². The Balaban J connectivity index is 1.37. The molecular formula is C27H31N5O3S. The molecule has 1 saturated heterocycles. The Morgan fingerprint density at radius 3 is 2.75 bits per heavy atom. The fourth-order valence-electron chi connectivity index (χ4n) is 5.57. The molecule has 2 aromatic heterocycles. The summed E-state index contributed by atoms with van der Waals surface area (Å²) in [4.78, 5) is 24.4. The molecule has 2 fully saturated rings. The molecule has 1 N–H and O–H groups in total. The molecule has 1 aliphatic heterocycles. The highest BCUT2D eigenvalue weighted by atomic mass is 32.2. The first kappa shape index (κ1) is 24.5. The van der Waals surface area contributed by atoms with Gasteiger partial charge in [0.2, 0.25) is 5.95 Å². The number of hydrogen-bond donors (Lipinski definition) is 1. The van der Waals surface area contributed by atoms with Crippen LogP contribution in [0.15, 0.2) is 41.3 Å². The number of anilines is 2. The van der Waals surface area contributed by atoms with Gasteiger partial charge in [-0.3, -0.25) is 14.3 Å². The standard InChI is InChI=1S/C27H31N5O3S/c1-3-21-14-25(33)32(23-9-4-5-10-23)26-24(21)15-28-27(30-26)29-22-8-6-7-19(13-22)16-31-12-11-20(17-31)18-36(2,34)35/h1,6-8,13-15,20,23H,4-5,9-12,16-18H2,2H3,(H,28,29,30). The van der Waals surface area contributed by atoms with Crippen LogP contribution in [0.1, 0.15) is 49.3 Å². The quantitative estimate of drug-likeness (QED) is 0.491. The Hall–Kier alpha value is -3.22. The molecule has 1 aromatic carbocycles. The lowest BCUT2D eigenvalue weighted by atomic mass is 10.1. The predicted molar refractivity (Wildman–Crippen MR) is 142 cm³/mol. The normalized spacial score (nSPS) is 19.1. The molecule has 1 aliphatic carbocycles. The molecule has 9 heteroatoms. The summed E-state index contributed by atoms with van der Waals surface area (Å²) in [5, 5.41) is 4.00. The summed E-state index contributed by atoms with van der Waals surface area (Å²) in [6.45, 7) is 2.43. The van der Waals surface area contributed by atoms with Crippen molar-refractivity contribution in [1.29, 1.82) is 0 Å². The van der Waals surface area contributed by atoms with Gasteiger partial charge in [0.05, 0.1) is 11.1 Å². The fourth-order valence-corrected chi connectivity index (χ4v) is 6.70. The van der Waals surface area contributed by atoms with Gasteiger partial charge >= 0.3 is 0 Å². The number of sulfone groups is 1. The zero-order chi connectivity index (χ0) is 25.3. The summed E-state index contributed by atoms with van der Waals surface area (Å²) in [5.41, 5.74) is 2.94. The molecular weight excluding hydrogens is 474 g/mol. The number of aromatic nitrogens is 3. The zero-order valence-corrected chi connectivity index (χ0v) is 21.3. The summed E-state index contributed by atoms with van der Waals surface area (Å²) in [6, 6.07) is 9.69. The molecule has 0 amide bonds. The Labute approximate surface area is 211 Å². The van der Waals surface area contributed by atoms with Crippen LogP contribution in [-0.4, -0.2) is 53.0 Å². The van der Waals surface area contributed by atoms with Crippen molar-refractivity contribution in [2.45, 2.75) is 44.7 Å². The summed E-state index contributed by atoms with van der Waals surface area (Å²) >= 11 is 0. The second-order valence-electron chi connectivity index (χ2n) is 10.1. The average Bonchev–Trinajstić information content (AvgIpc) is 3.50. The lowest BCUT2D eigenvalue weighted by molar-refractivity contribution is 0.320. The van der Waals surface area contributed by atoms with E-state index in [0.29, 0.717) is 22.5 Å². The highest BCUT2D eigenvalue weighted by Gasteiger charge is 2.25. The van der Waals surface area contributed by atoms with Gasteiger partial charge in [0.1, 0.15) is 15.5 Å². The Morgan fingerprint density at radius 1 is 1.19 bits per heavy atom. The summed E-state index contributed by atoms with van der Waals surface area (Å²) in [7, 11) is -2.96. The van der Waals surface area contributed by atoms with E-state index in [1.165, 1.54) is 12.3 Å². The Kier molecular flexibility index (Phi) is 6.82. The third-order valence-corrected chi connectivity index (χ3v) is 8.21. The van der Waals surface area contributed by atoms with Crippen molar-refractivity contribution in [2.75, 3.05) is 30.4 Å². The van der Waals surface area contributed by atoms with Crippen LogP contribution >= 0.6 is 0 Å². The van der Waals surface area contributed by atoms with E-state index >= 15 is 0 Å². The second kappa shape index (κ2) is 10.0. The minimum Gasteiger partial charge on any atom is -0.324 e. The lowest BCUT2D eigenvalue weighted by Crippen LogP contribution is -2.24. The largest absolute Gasteiger partial charge is 0.324 e. The monoisotopic (exact) mass is 505 g/mol. The predicted octanol–water partition coefficient (Wildman–Crippen LogP) is 3.50. The number of benzene rings is 1. The minimum absolute atomic E-state index is 0.117. The van der Waals surface area contributed by atoms with E-state index in [-0.39, 0.29) is 23.3 Å². The maximum Gasteiger partial charge on any atom is 0.253 e. The zero-order valence-electron chi connectivity index (χ0n) is 20.5. The number of fused-ring (bicyclic) bond motifs is 1. The van der Waals surface area contributed by atoms with Crippen LogP contribution < -0.4 is 10.9 Å². The third-order valence-electron chi connectivity index (χ3n) is 7.14. The van der Waals surface area contributed by atoms with E-state index in [1.54, 1.807) is 10.8 Å². The van der Waals surface area contributed by atoms with Crippen LogP contribution in [0, 0.1) is 18.3 Å². The van der Waals surface area contributed by atoms with E-state index in [0.717, 1.165) is 63.0 Å². The number of nitrogens with zero attached hydrogens (tertiary/aromatic N) is 4. The maximum absolute atomic E-state index is 12.9. The summed E-state index contributed by atoms with van der Waals surface area (Å²) < 4.78 is 25.1. The van der Waals surface area contributed by atoms with Gasteiger partial charge in [-0.25, -0.2) is 13.4 Å². The number of terminal acetylenes is 1. The van der Waals surface area contributed by atoms with Crippen molar-refractivity contribution >= 4 is 32.5 Å². The van der Waals surface area contributed by atoms with Crippen LogP contribution in [0.4, 0.5) is 11.6 Å². The molecule has 188 valence electrons. The second-order valence-corrected chi connectivity index (χ2v) is 12.3. The van der Waals surface area contributed by atoms with Crippen molar-refractivity contribution in [3.63, 3.8) is 0 Å². The molecule has 1 unspecified atom stereocenters. The molecule has 2 aliphatic rings. The molecule has 0 radical (unpaired) electrons. The number of pyridine rings is 1. The summed E-state index contributed by atoms with van der Waals surface area (Å²) in [5.74, 6) is 3.45. The molecule has 8 nitrogen and oxygen atoms in total. The van der Waals surface area contributed by atoms with Crippen molar-refractivity contribution in [1.82, 2.24) is 19.4 Å². The van der Waals surface area contributed by atoms with Gasteiger partial charge in [0.25, 0.3) is 5.56 Å². The lowest BCUT2D eigenvalue weighted by Gasteiger charge is -2.18. The van der Waals surface area contributed by atoms with Crippen LogP contribution in [0.2, 0.25) is 0 Å². The molecule has 5 rings (SSSR count). The number of nitrogens with one attached hydrogen (secondary N) is 1. The van der Waals surface area contributed by atoms with Gasteiger partial charge in [-0.2, -0.15) is 4.98 Å². The third kappa shape index (κ3) is 5.45. The van der Waals surface area contributed by atoms with Crippen molar-refractivity contribution in [2.24, 2.45) is 5.92 Å². The average molecular weight is 506 g/mol. The first-order chi connectivity index (χ1) is 17.3. The molecule has 36 heavy (non-hydrogen) atoms. The first-order valence-corrected chi connectivity index (χ1v) is 14.5. The minimum atomic E-state index is -2.96. The van der Waals surface area contributed by atoms with Crippen LogP contribution in [0.3, 0.4) is 0 Å². The molecule has 1 atom stereocenters. The van der Waals surface area contributed by atoms with Crippen molar-refractivity contribution in [3.05, 3.63) is 58.0 Å². The van der Waals surface area contributed by atoms with Gasteiger partial charge in [-0.05, 0) is 49.4 Å². The van der Waals surface area contributed by atoms with Gasteiger partial charge in [0.15, 0.2) is 0 Å². The highest BCUT2D eigenvalue weighted by molar-refractivity contribution is 7.90. The highest BCUT2D eigenvalue weighted by Crippen LogP contribution is 2.31. The van der Waals surface area contributed by atoms with E-state index in [4.69, 9.17) is 11.4 Å². The SMILES string of the molecule is C#Cc1cc(=O)n(C2CCCC2)c2nc(Nc3cccc(CN4CCC(CS(C)(=O)=O)C4)c3)ncc12. The topological polar surface area (TPSA) is 97.2 Å². The van der Waals surface area contributed by atoms with Gasteiger partial charge < -0.3 is 5.32 Å². The Bertz CT molecular complexity index is 1490. The van der Waals surface area contributed by atoms with E-state index in [2.05, 4.69) is 33.3 Å². The smallest absolute Gasteiger partial charge is 0.253 e. The fraction of sp³-hybridized carbons (Fsp3) is 0.444. The van der Waals surface area contributed by atoms with Crippen molar-refractivity contribution in [3.8, 4) is 12.3 Å². The summed E-state index contributed by atoms with van der Waals surface area (Å²) in [6.07, 6.45) is 13.7. The maximum atomic E-state index is 12.9. The molecule has 1 saturated carbocycles.